The molecule has 0 saturated carbocycles. The van der Waals surface area contributed by atoms with Crippen LogP contribution in [0.15, 0.2) is 85.5 Å². The molecule has 2 aromatic carbocycles. The summed E-state index contributed by atoms with van der Waals surface area (Å²) in [6.45, 7) is 0.866. The van der Waals surface area contributed by atoms with Gasteiger partial charge in [-0.2, -0.15) is 23.4 Å². The number of carbonyl (C=O) groups excluding carboxylic acids is 1. The Hall–Kier alpha value is -4.36. The molecule has 1 fully saturated rings. The lowest BCUT2D eigenvalue weighted by Crippen LogP contribution is -2.39. The summed E-state index contributed by atoms with van der Waals surface area (Å²) in [6, 6.07) is 18.2. The predicted octanol–water partition coefficient (Wildman–Crippen LogP) is 5.88. The topological polar surface area (TPSA) is 102 Å². The summed E-state index contributed by atoms with van der Waals surface area (Å²) in [5.41, 5.74) is 5.09. The highest BCUT2D eigenvalue weighted by molar-refractivity contribution is 7.88. The molecule has 0 spiro atoms. The van der Waals surface area contributed by atoms with Crippen molar-refractivity contribution in [3.05, 3.63) is 96.6 Å². The number of nitrogens with zero attached hydrogens (tertiary/aromatic N) is 6. The first-order chi connectivity index (χ1) is 21.5. The third-order valence-electron chi connectivity index (χ3n) is 7.99. The molecule has 3 aromatic heterocycles. The van der Waals surface area contributed by atoms with E-state index in [9.17, 15) is 26.4 Å². The molecule has 1 aliphatic heterocycles. The summed E-state index contributed by atoms with van der Waals surface area (Å²) >= 11 is 0. The normalized spacial score (nSPS) is 15.1. The van der Waals surface area contributed by atoms with Crippen LogP contribution in [0.2, 0.25) is 0 Å². The van der Waals surface area contributed by atoms with E-state index in [1.54, 1.807) is 45.6 Å². The standard InChI is InChI=1S/C32H31F3N6O3S/c33-32(34,35)12-9-29(42)16-24-7-4-8-25(15-24)30-20-36-31-17-26(18-38-41(30)31)27-19-37-40(21-27)28-10-13-39(14-11-28)45(43,44)22-23-5-2-1-3-6-23/h1-8,15,17-21,28H,9-14,16,22H2. The Morgan fingerprint density at radius 1 is 0.867 bits per heavy atom. The molecule has 1 saturated heterocycles. The summed E-state index contributed by atoms with van der Waals surface area (Å²) in [6.07, 6.45) is 2.29. The van der Waals surface area contributed by atoms with Crippen LogP contribution in [0, 0.1) is 0 Å². The molecule has 9 nitrogen and oxygen atoms in total. The lowest BCUT2D eigenvalue weighted by molar-refractivity contribution is -0.143. The molecular weight excluding hydrogens is 605 g/mol. The van der Waals surface area contributed by atoms with Gasteiger partial charge in [0.1, 0.15) is 5.78 Å². The van der Waals surface area contributed by atoms with Crippen molar-refractivity contribution in [3.63, 3.8) is 0 Å². The van der Waals surface area contributed by atoms with E-state index in [2.05, 4.69) is 15.2 Å². The Bertz CT molecular complexity index is 1910. The zero-order chi connectivity index (χ0) is 31.6. The van der Waals surface area contributed by atoms with Gasteiger partial charge in [0, 0.05) is 48.8 Å². The number of alkyl halides is 3. The molecule has 45 heavy (non-hydrogen) atoms. The molecule has 0 aliphatic carbocycles. The smallest absolute Gasteiger partial charge is 0.299 e. The van der Waals surface area contributed by atoms with E-state index >= 15 is 0 Å². The van der Waals surface area contributed by atoms with Gasteiger partial charge in [0.2, 0.25) is 10.0 Å². The van der Waals surface area contributed by atoms with Crippen molar-refractivity contribution in [1.29, 1.82) is 0 Å². The largest absolute Gasteiger partial charge is 0.389 e. The van der Waals surface area contributed by atoms with E-state index < -0.39 is 34.8 Å². The van der Waals surface area contributed by atoms with Crippen LogP contribution in [-0.2, 0) is 27.0 Å². The summed E-state index contributed by atoms with van der Waals surface area (Å²) in [5, 5.41) is 9.15. The SMILES string of the molecule is O=C(CCC(F)(F)F)Cc1cccc(-c2cnc3cc(-c4cnn(C5CCN(S(=O)(=O)Cc6ccccc6)CC5)c4)cnn23)c1. The number of imidazole rings is 1. The van der Waals surface area contributed by atoms with Crippen molar-refractivity contribution in [3.8, 4) is 22.4 Å². The van der Waals surface area contributed by atoms with Gasteiger partial charge in [0.05, 0.1) is 42.5 Å². The lowest BCUT2D eigenvalue weighted by Gasteiger charge is -2.31. The Labute approximate surface area is 258 Å². The number of halogens is 3. The van der Waals surface area contributed by atoms with Gasteiger partial charge in [-0.25, -0.2) is 22.2 Å². The van der Waals surface area contributed by atoms with Crippen molar-refractivity contribution in [2.45, 2.75) is 50.1 Å². The van der Waals surface area contributed by atoms with Gasteiger partial charge < -0.3 is 0 Å². The lowest BCUT2D eigenvalue weighted by atomic mass is 10.0. The molecule has 4 heterocycles. The minimum atomic E-state index is -4.36. The number of aromatic nitrogens is 5. The van der Waals surface area contributed by atoms with Crippen molar-refractivity contribution < 1.29 is 26.4 Å². The van der Waals surface area contributed by atoms with Crippen LogP contribution in [0.5, 0.6) is 0 Å². The van der Waals surface area contributed by atoms with Crippen LogP contribution in [0.1, 0.15) is 42.9 Å². The first-order valence-electron chi connectivity index (χ1n) is 14.6. The summed E-state index contributed by atoms with van der Waals surface area (Å²) in [7, 11) is -3.40. The molecular formula is C32H31F3N6O3S. The van der Waals surface area contributed by atoms with Crippen LogP contribution >= 0.6 is 0 Å². The van der Waals surface area contributed by atoms with Gasteiger partial charge in [-0.1, -0.05) is 48.5 Å². The molecule has 0 bridgehead atoms. The number of benzene rings is 2. The average molecular weight is 637 g/mol. The summed E-state index contributed by atoms with van der Waals surface area (Å²) in [5.74, 6) is -0.476. The minimum absolute atomic E-state index is 0.00807. The number of rotatable bonds is 10. The van der Waals surface area contributed by atoms with Gasteiger partial charge in [0.25, 0.3) is 0 Å². The molecule has 0 N–H and O–H groups in total. The second kappa shape index (κ2) is 12.6. The molecule has 13 heteroatoms. The van der Waals surface area contributed by atoms with Crippen molar-refractivity contribution in [1.82, 2.24) is 28.7 Å². The number of carbonyl (C=O) groups is 1. The maximum Gasteiger partial charge on any atom is 0.389 e. The fourth-order valence-electron chi connectivity index (χ4n) is 5.62. The first-order valence-corrected chi connectivity index (χ1v) is 16.2. The third kappa shape index (κ3) is 7.31. The minimum Gasteiger partial charge on any atom is -0.299 e. The van der Waals surface area contributed by atoms with Crippen LogP contribution in [0.4, 0.5) is 13.2 Å². The second-order valence-corrected chi connectivity index (χ2v) is 13.2. The van der Waals surface area contributed by atoms with Crippen LogP contribution in [0.3, 0.4) is 0 Å². The molecule has 0 amide bonds. The van der Waals surface area contributed by atoms with Crippen molar-refractivity contribution in [2.75, 3.05) is 13.1 Å². The first kappa shape index (κ1) is 30.7. The second-order valence-electron chi connectivity index (χ2n) is 11.3. The van der Waals surface area contributed by atoms with Gasteiger partial charge in [-0.3, -0.25) is 9.48 Å². The third-order valence-corrected chi connectivity index (χ3v) is 9.84. The Morgan fingerprint density at radius 3 is 2.36 bits per heavy atom. The van der Waals surface area contributed by atoms with E-state index in [0.717, 1.165) is 22.3 Å². The fourth-order valence-corrected chi connectivity index (χ4v) is 7.18. The maximum atomic E-state index is 12.9. The Kier molecular flexibility index (Phi) is 8.56. The van der Waals surface area contributed by atoms with Crippen LogP contribution in [0.25, 0.3) is 28.0 Å². The van der Waals surface area contributed by atoms with Crippen molar-refractivity contribution in [2.24, 2.45) is 0 Å². The number of hydrogen-bond donors (Lipinski definition) is 0. The fraction of sp³-hybridized carbons (Fsp3) is 0.312. The highest BCUT2D eigenvalue weighted by Crippen LogP contribution is 2.29. The van der Waals surface area contributed by atoms with Gasteiger partial charge in [-0.15, -0.1) is 0 Å². The molecule has 234 valence electrons. The number of ketones is 1. The molecule has 0 radical (unpaired) electrons. The highest BCUT2D eigenvalue weighted by Gasteiger charge is 2.30. The van der Waals surface area contributed by atoms with Crippen molar-refractivity contribution >= 4 is 21.5 Å². The predicted molar refractivity (Wildman–Crippen MR) is 163 cm³/mol. The zero-order valence-corrected chi connectivity index (χ0v) is 25.1. The highest BCUT2D eigenvalue weighted by atomic mass is 32.2. The van der Waals surface area contributed by atoms with E-state index in [0.29, 0.717) is 42.8 Å². The molecule has 6 rings (SSSR count). The molecule has 5 aromatic rings. The van der Waals surface area contributed by atoms with E-state index in [4.69, 9.17) is 0 Å². The Morgan fingerprint density at radius 2 is 1.60 bits per heavy atom. The molecule has 0 unspecified atom stereocenters. The average Bonchev–Trinajstić information content (AvgIpc) is 3.68. The number of hydrogen-bond acceptors (Lipinski definition) is 6. The van der Waals surface area contributed by atoms with E-state index in [1.165, 1.54) is 0 Å². The number of sulfonamides is 1. The van der Waals surface area contributed by atoms with Gasteiger partial charge in [-0.05, 0) is 36.1 Å². The summed E-state index contributed by atoms with van der Waals surface area (Å²) in [4.78, 5) is 16.6. The Balaban J connectivity index is 1.11. The number of Topliss-reactive ketones (excluding diaryl/α,β-unsaturated/α-hetero) is 1. The zero-order valence-electron chi connectivity index (χ0n) is 24.3. The van der Waals surface area contributed by atoms with Gasteiger partial charge in [0.15, 0.2) is 5.65 Å². The molecule has 1 aliphatic rings. The van der Waals surface area contributed by atoms with E-state index in [1.807, 2.05) is 53.3 Å². The monoisotopic (exact) mass is 636 g/mol. The van der Waals surface area contributed by atoms with Gasteiger partial charge >= 0.3 is 6.18 Å². The number of fused-ring (bicyclic) bond motifs is 1. The van der Waals surface area contributed by atoms with E-state index in [-0.39, 0.29) is 18.2 Å². The quantitative estimate of drug-likeness (QED) is 0.190. The molecule has 0 atom stereocenters. The van der Waals surface area contributed by atoms with Crippen LogP contribution in [-0.4, -0.2) is 62.2 Å². The maximum absolute atomic E-state index is 12.9. The number of piperidine rings is 1. The van der Waals surface area contributed by atoms with Crippen LogP contribution < -0.4 is 0 Å². The summed E-state index contributed by atoms with van der Waals surface area (Å²) < 4.78 is 68.5.